The summed E-state index contributed by atoms with van der Waals surface area (Å²) in [6.07, 6.45) is 0.764. The molecule has 4 nitrogen and oxygen atoms in total. The van der Waals surface area contributed by atoms with Crippen LogP contribution in [0.25, 0.3) is 0 Å². The maximum Gasteiger partial charge on any atom is 0.115 e. The first-order chi connectivity index (χ1) is 6.86. The Labute approximate surface area is 83.2 Å². The lowest BCUT2D eigenvalue weighted by Gasteiger charge is -2.16. The molecule has 0 amide bonds. The Morgan fingerprint density at radius 2 is 2.21 bits per heavy atom. The van der Waals surface area contributed by atoms with Crippen LogP contribution in [-0.4, -0.2) is 18.9 Å². The van der Waals surface area contributed by atoms with E-state index in [9.17, 15) is 0 Å². The molecule has 1 aliphatic heterocycles. The molecule has 0 fully saturated rings. The smallest absolute Gasteiger partial charge is 0.115 e. The van der Waals surface area contributed by atoms with Crippen molar-refractivity contribution in [1.82, 2.24) is 10.9 Å². The molecule has 0 radical (unpaired) electrons. The van der Waals surface area contributed by atoms with Gasteiger partial charge in [0.25, 0.3) is 0 Å². The summed E-state index contributed by atoms with van der Waals surface area (Å²) in [5, 5.41) is 0. The molecule has 74 valence electrons. The highest BCUT2D eigenvalue weighted by molar-refractivity contribution is 5.85. The summed E-state index contributed by atoms with van der Waals surface area (Å²) >= 11 is 0. The predicted octanol–water partition coefficient (Wildman–Crippen LogP) is 0.318. The molecule has 0 unspecified atom stereocenters. The number of nitrogens with two attached hydrogens (primary N) is 1. The van der Waals surface area contributed by atoms with E-state index in [0.717, 1.165) is 36.6 Å². The molecule has 0 bridgehead atoms. The van der Waals surface area contributed by atoms with Crippen molar-refractivity contribution in [3.63, 3.8) is 0 Å². The van der Waals surface area contributed by atoms with Crippen LogP contribution in [0.2, 0.25) is 0 Å². The summed E-state index contributed by atoms with van der Waals surface area (Å²) in [4.78, 5) is 4.35. The van der Waals surface area contributed by atoms with Crippen LogP contribution in [0, 0.1) is 0 Å². The largest absolute Gasteiger partial charge is 0.398 e. The van der Waals surface area contributed by atoms with Gasteiger partial charge in [-0.05, 0) is 11.6 Å². The van der Waals surface area contributed by atoms with Crippen LogP contribution in [0.15, 0.2) is 29.3 Å². The molecule has 0 aromatic heterocycles. The molecule has 0 atom stereocenters. The number of hydrazine groups is 1. The average Bonchev–Trinajstić information content (AvgIpc) is 2.23. The fourth-order valence-corrected chi connectivity index (χ4v) is 1.43. The Hall–Kier alpha value is -1.55. The Kier molecular flexibility index (Phi) is 2.65. The second kappa shape index (κ2) is 4.11. The van der Waals surface area contributed by atoms with E-state index in [-0.39, 0.29) is 0 Å². The number of rotatable bonds is 2. The van der Waals surface area contributed by atoms with Crippen LogP contribution >= 0.6 is 0 Å². The lowest BCUT2D eigenvalue weighted by atomic mass is 10.1. The molecule has 0 saturated heterocycles. The maximum atomic E-state index is 5.83. The molecular formula is C10H14N4. The number of benzene rings is 1. The van der Waals surface area contributed by atoms with Gasteiger partial charge in [0, 0.05) is 18.7 Å². The number of para-hydroxylation sites is 1. The predicted molar refractivity (Wildman–Crippen MR) is 58.0 cm³/mol. The first kappa shape index (κ1) is 9.02. The fourth-order valence-electron chi connectivity index (χ4n) is 1.43. The average molecular weight is 190 g/mol. The van der Waals surface area contributed by atoms with Crippen molar-refractivity contribution < 1.29 is 0 Å². The summed E-state index contributed by atoms with van der Waals surface area (Å²) in [6.45, 7) is 1.71. The molecule has 4 heteroatoms. The summed E-state index contributed by atoms with van der Waals surface area (Å²) in [7, 11) is 0. The lowest BCUT2D eigenvalue weighted by Crippen LogP contribution is -2.43. The highest BCUT2D eigenvalue weighted by atomic mass is 15.4. The van der Waals surface area contributed by atoms with E-state index < -0.39 is 0 Å². The lowest BCUT2D eigenvalue weighted by molar-refractivity contribution is 0.619. The second-order valence-electron chi connectivity index (χ2n) is 3.26. The molecule has 14 heavy (non-hydrogen) atoms. The molecule has 1 aromatic carbocycles. The minimum atomic E-state index is 0.764. The van der Waals surface area contributed by atoms with Gasteiger partial charge in [0.05, 0.1) is 6.54 Å². The van der Waals surface area contributed by atoms with Crippen LogP contribution in [0.3, 0.4) is 0 Å². The monoisotopic (exact) mass is 190 g/mol. The van der Waals surface area contributed by atoms with E-state index in [2.05, 4.69) is 15.8 Å². The maximum absolute atomic E-state index is 5.83. The Morgan fingerprint density at radius 1 is 1.36 bits per heavy atom. The van der Waals surface area contributed by atoms with Gasteiger partial charge < -0.3 is 11.2 Å². The minimum Gasteiger partial charge on any atom is -0.398 e. The molecule has 4 N–H and O–H groups in total. The van der Waals surface area contributed by atoms with Crippen molar-refractivity contribution in [3.8, 4) is 0 Å². The molecule has 1 aromatic rings. The van der Waals surface area contributed by atoms with Crippen LogP contribution in [0.4, 0.5) is 5.69 Å². The van der Waals surface area contributed by atoms with Gasteiger partial charge in [-0.2, -0.15) is 0 Å². The Balaban J connectivity index is 2.10. The van der Waals surface area contributed by atoms with Gasteiger partial charge in [-0.3, -0.25) is 4.99 Å². The summed E-state index contributed by atoms with van der Waals surface area (Å²) < 4.78 is 0. The van der Waals surface area contributed by atoms with Crippen LogP contribution in [0.1, 0.15) is 5.56 Å². The van der Waals surface area contributed by atoms with Gasteiger partial charge in [0.2, 0.25) is 0 Å². The zero-order chi connectivity index (χ0) is 9.80. The summed E-state index contributed by atoms with van der Waals surface area (Å²) in [5.74, 6) is 0.953. The molecule has 2 rings (SSSR count). The van der Waals surface area contributed by atoms with E-state index >= 15 is 0 Å². The zero-order valence-electron chi connectivity index (χ0n) is 7.96. The van der Waals surface area contributed by atoms with E-state index in [0.29, 0.717) is 0 Å². The Bertz CT molecular complexity index is 346. The van der Waals surface area contributed by atoms with Crippen molar-refractivity contribution in [2.75, 3.05) is 18.8 Å². The second-order valence-corrected chi connectivity index (χ2v) is 3.26. The SMILES string of the molecule is Nc1ccccc1CC1=NCCNN1. The molecular weight excluding hydrogens is 176 g/mol. The molecule has 0 saturated carbocycles. The van der Waals surface area contributed by atoms with E-state index in [1.54, 1.807) is 0 Å². The molecule has 1 heterocycles. The first-order valence-corrected chi connectivity index (χ1v) is 4.72. The van der Waals surface area contributed by atoms with Gasteiger partial charge in [-0.15, -0.1) is 0 Å². The first-order valence-electron chi connectivity index (χ1n) is 4.72. The van der Waals surface area contributed by atoms with Gasteiger partial charge >= 0.3 is 0 Å². The number of aliphatic imine (C=N–C) groups is 1. The van der Waals surface area contributed by atoms with E-state index in [4.69, 9.17) is 5.73 Å². The topological polar surface area (TPSA) is 62.4 Å². The van der Waals surface area contributed by atoms with Crippen LogP contribution in [-0.2, 0) is 6.42 Å². The number of nitrogens with zero attached hydrogens (tertiary/aromatic N) is 1. The van der Waals surface area contributed by atoms with Gasteiger partial charge in [-0.1, -0.05) is 18.2 Å². The van der Waals surface area contributed by atoms with Crippen molar-refractivity contribution in [3.05, 3.63) is 29.8 Å². The van der Waals surface area contributed by atoms with Crippen molar-refractivity contribution in [2.45, 2.75) is 6.42 Å². The van der Waals surface area contributed by atoms with Crippen molar-refractivity contribution >= 4 is 11.5 Å². The third kappa shape index (κ3) is 2.03. The minimum absolute atomic E-state index is 0.764. The number of nitrogens with one attached hydrogen (secondary N) is 2. The standard InChI is InChI=1S/C10H14N4/c11-9-4-2-1-3-8(9)7-10-12-5-6-13-14-10/h1-4,13H,5-7,11H2,(H,12,14). The summed E-state index contributed by atoms with van der Waals surface area (Å²) in [6, 6.07) is 7.86. The van der Waals surface area contributed by atoms with Gasteiger partial charge in [0.1, 0.15) is 5.84 Å². The summed E-state index contributed by atoms with van der Waals surface area (Å²) in [5.41, 5.74) is 13.9. The number of hydrogen-bond acceptors (Lipinski definition) is 4. The van der Waals surface area contributed by atoms with Crippen molar-refractivity contribution in [2.24, 2.45) is 4.99 Å². The Morgan fingerprint density at radius 3 is 2.93 bits per heavy atom. The van der Waals surface area contributed by atoms with E-state index in [1.807, 2.05) is 24.3 Å². The molecule has 1 aliphatic rings. The fraction of sp³-hybridized carbons (Fsp3) is 0.300. The number of hydrogen-bond donors (Lipinski definition) is 3. The molecule has 0 aliphatic carbocycles. The van der Waals surface area contributed by atoms with Crippen LogP contribution < -0.4 is 16.6 Å². The third-order valence-electron chi connectivity index (χ3n) is 2.19. The quantitative estimate of drug-likeness (QED) is 0.588. The highest BCUT2D eigenvalue weighted by Crippen LogP contribution is 2.11. The highest BCUT2D eigenvalue weighted by Gasteiger charge is 2.06. The number of nitrogen functional groups attached to an aromatic ring is 1. The van der Waals surface area contributed by atoms with Crippen LogP contribution in [0.5, 0.6) is 0 Å². The number of anilines is 1. The third-order valence-corrected chi connectivity index (χ3v) is 2.19. The van der Waals surface area contributed by atoms with E-state index in [1.165, 1.54) is 0 Å². The number of amidine groups is 1. The zero-order valence-corrected chi connectivity index (χ0v) is 7.96. The normalized spacial score (nSPS) is 15.9. The van der Waals surface area contributed by atoms with Gasteiger partial charge in [-0.25, -0.2) is 5.43 Å². The van der Waals surface area contributed by atoms with Gasteiger partial charge in [0.15, 0.2) is 0 Å². The van der Waals surface area contributed by atoms with Crippen molar-refractivity contribution in [1.29, 1.82) is 0 Å². The molecule has 0 spiro atoms.